The molecule has 1 saturated heterocycles. The van der Waals surface area contributed by atoms with E-state index < -0.39 is 5.79 Å². The van der Waals surface area contributed by atoms with Gasteiger partial charge in [0.05, 0.1) is 12.9 Å². The van der Waals surface area contributed by atoms with E-state index in [-0.39, 0.29) is 6.10 Å². The fourth-order valence-corrected chi connectivity index (χ4v) is 1.22. The molecule has 0 N–H and O–H groups in total. The zero-order valence-electron chi connectivity index (χ0n) is 8.58. The van der Waals surface area contributed by atoms with E-state index >= 15 is 0 Å². The highest BCUT2D eigenvalue weighted by atomic mass is 16.7. The highest BCUT2D eigenvalue weighted by Gasteiger charge is 2.35. The van der Waals surface area contributed by atoms with Crippen LogP contribution in [0.25, 0.3) is 0 Å². The Morgan fingerprint density at radius 2 is 2.38 bits per heavy atom. The molecule has 2 unspecified atom stereocenters. The minimum Gasteiger partial charge on any atom is -0.499 e. The molecule has 1 aliphatic heterocycles. The van der Waals surface area contributed by atoms with Crippen molar-refractivity contribution in [3.05, 3.63) is 12.3 Å². The van der Waals surface area contributed by atoms with Gasteiger partial charge in [-0.1, -0.05) is 13.0 Å². The molecule has 1 heterocycles. The topological polar surface area (TPSA) is 27.7 Å². The summed E-state index contributed by atoms with van der Waals surface area (Å²) < 4.78 is 16.4. The van der Waals surface area contributed by atoms with Gasteiger partial charge in [0.2, 0.25) is 0 Å². The molecule has 13 heavy (non-hydrogen) atoms. The monoisotopic (exact) mass is 186 g/mol. The number of rotatable bonds is 4. The molecule has 1 fully saturated rings. The third-order valence-corrected chi connectivity index (χ3v) is 2.15. The molecular weight excluding hydrogens is 168 g/mol. The molecule has 0 bridgehead atoms. The summed E-state index contributed by atoms with van der Waals surface area (Å²) in [4.78, 5) is 0. The lowest BCUT2D eigenvalue weighted by Gasteiger charge is -2.20. The largest absolute Gasteiger partial charge is 0.499 e. The van der Waals surface area contributed by atoms with Gasteiger partial charge in [0.15, 0.2) is 5.79 Å². The Labute approximate surface area is 79.7 Å². The summed E-state index contributed by atoms with van der Waals surface area (Å²) in [5.41, 5.74) is 0. The molecule has 76 valence electrons. The summed E-state index contributed by atoms with van der Waals surface area (Å²) in [5, 5.41) is 0. The second-order valence-electron chi connectivity index (χ2n) is 3.34. The second kappa shape index (κ2) is 4.63. The quantitative estimate of drug-likeness (QED) is 0.629. The van der Waals surface area contributed by atoms with Gasteiger partial charge in [-0.05, 0) is 20.3 Å². The summed E-state index contributed by atoms with van der Waals surface area (Å²) >= 11 is 0. The summed E-state index contributed by atoms with van der Waals surface area (Å²) in [6, 6.07) is 0. The zero-order valence-corrected chi connectivity index (χ0v) is 8.58. The van der Waals surface area contributed by atoms with Crippen LogP contribution in [-0.4, -0.2) is 25.1 Å². The Hall–Kier alpha value is -0.540. The number of hydrogen-bond donors (Lipinski definition) is 0. The van der Waals surface area contributed by atoms with Gasteiger partial charge < -0.3 is 14.2 Å². The SMILES string of the molecule is CC=COCC1COC(C)(CC)O1. The van der Waals surface area contributed by atoms with E-state index in [2.05, 4.69) is 6.92 Å². The van der Waals surface area contributed by atoms with Gasteiger partial charge in [-0.25, -0.2) is 0 Å². The molecule has 0 radical (unpaired) electrons. The lowest BCUT2D eigenvalue weighted by Crippen LogP contribution is -2.26. The van der Waals surface area contributed by atoms with Crippen molar-refractivity contribution in [2.24, 2.45) is 0 Å². The maximum Gasteiger partial charge on any atom is 0.166 e. The Balaban J connectivity index is 2.25. The molecule has 0 aromatic heterocycles. The summed E-state index contributed by atoms with van der Waals surface area (Å²) in [6.45, 7) is 7.13. The molecule has 0 amide bonds. The fourth-order valence-electron chi connectivity index (χ4n) is 1.22. The van der Waals surface area contributed by atoms with Crippen LogP contribution >= 0.6 is 0 Å². The van der Waals surface area contributed by atoms with E-state index in [0.29, 0.717) is 13.2 Å². The predicted molar refractivity (Wildman–Crippen MR) is 50.3 cm³/mol. The Bertz CT molecular complexity index is 179. The van der Waals surface area contributed by atoms with Crippen molar-refractivity contribution in [3.63, 3.8) is 0 Å². The van der Waals surface area contributed by atoms with Crippen LogP contribution in [-0.2, 0) is 14.2 Å². The minimum atomic E-state index is -0.399. The summed E-state index contributed by atoms with van der Waals surface area (Å²) in [5.74, 6) is -0.399. The molecule has 0 aromatic carbocycles. The predicted octanol–water partition coefficient (Wildman–Crippen LogP) is 2.08. The van der Waals surface area contributed by atoms with Crippen molar-refractivity contribution in [1.82, 2.24) is 0 Å². The highest BCUT2D eigenvalue weighted by molar-refractivity contribution is 4.74. The van der Waals surface area contributed by atoms with Crippen LogP contribution in [0, 0.1) is 0 Å². The average molecular weight is 186 g/mol. The van der Waals surface area contributed by atoms with Crippen LogP contribution in [0.5, 0.6) is 0 Å². The van der Waals surface area contributed by atoms with Crippen LogP contribution in [0.2, 0.25) is 0 Å². The van der Waals surface area contributed by atoms with Gasteiger partial charge >= 0.3 is 0 Å². The first-order chi connectivity index (χ1) is 6.20. The van der Waals surface area contributed by atoms with E-state index in [1.165, 1.54) is 0 Å². The molecule has 0 aliphatic carbocycles. The maximum absolute atomic E-state index is 5.66. The molecule has 3 nitrogen and oxygen atoms in total. The Morgan fingerprint density at radius 1 is 1.62 bits per heavy atom. The fraction of sp³-hybridized carbons (Fsp3) is 0.800. The number of hydrogen-bond acceptors (Lipinski definition) is 3. The zero-order chi connectivity index (χ0) is 9.73. The number of ether oxygens (including phenoxy) is 3. The van der Waals surface area contributed by atoms with Crippen LogP contribution in [0.4, 0.5) is 0 Å². The van der Waals surface area contributed by atoms with Gasteiger partial charge in [-0.2, -0.15) is 0 Å². The van der Waals surface area contributed by atoms with Crippen LogP contribution < -0.4 is 0 Å². The highest BCUT2D eigenvalue weighted by Crippen LogP contribution is 2.26. The summed E-state index contributed by atoms with van der Waals surface area (Å²) in [6.07, 6.45) is 4.47. The second-order valence-corrected chi connectivity index (χ2v) is 3.34. The number of allylic oxidation sites excluding steroid dienone is 1. The van der Waals surface area contributed by atoms with E-state index in [0.717, 1.165) is 6.42 Å². The van der Waals surface area contributed by atoms with Crippen molar-refractivity contribution in [2.75, 3.05) is 13.2 Å². The lowest BCUT2D eigenvalue weighted by atomic mass is 10.2. The molecule has 3 heteroatoms. The lowest BCUT2D eigenvalue weighted by molar-refractivity contribution is -0.159. The van der Waals surface area contributed by atoms with E-state index in [1.54, 1.807) is 6.26 Å². The van der Waals surface area contributed by atoms with Crippen molar-refractivity contribution < 1.29 is 14.2 Å². The normalized spacial score (nSPS) is 34.2. The molecule has 2 atom stereocenters. The third kappa shape index (κ3) is 3.01. The summed E-state index contributed by atoms with van der Waals surface area (Å²) in [7, 11) is 0. The van der Waals surface area contributed by atoms with E-state index in [4.69, 9.17) is 14.2 Å². The maximum atomic E-state index is 5.66. The molecule has 1 rings (SSSR count). The molecule has 0 aromatic rings. The van der Waals surface area contributed by atoms with Crippen molar-refractivity contribution in [2.45, 2.75) is 39.1 Å². The van der Waals surface area contributed by atoms with Gasteiger partial charge in [-0.3, -0.25) is 0 Å². The van der Waals surface area contributed by atoms with Gasteiger partial charge in [-0.15, -0.1) is 0 Å². The first kappa shape index (κ1) is 10.5. The smallest absolute Gasteiger partial charge is 0.166 e. The van der Waals surface area contributed by atoms with Gasteiger partial charge in [0, 0.05) is 0 Å². The Kier molecular flexibility index (Phi) is 3.75. The first-order valence-corrected chi connectivity index (χ1v) is 4.74. The molecular formula is C10H18O3. The van der Waals surface area contributed by atoms with Gasteiger partial charge in [0.1, 0.15) is 12.7 Å². The van der Waals surface area contributed by atoms with Crippen LogP contribution in [0.3, 0.4) is 0 Å². The first-order valence-electron chi connectivity index (χ1n) is 4.74. The minimum absolute atomic E-state index is 0.0705. The third-order valence-electron chi connectivity index (χ3n) is 2.15. The molecule has 0 spiro atoms. The molecule has 1 aliphatic rings. The van der Waals surface area contributed by atoms with E-state index in [9.17, 15) is 0 Å². The molecule has 0 saturated carbocycles. The average Bonchev–Trinajstić information content (AvgIpc) is 2.50. The van der Waals surface area contributed by atoms with Gasteiger partial charge in [0.25, 0.3) is 0 Å². The van der Waals surface area contributed by atoms with Crippen molar-refractivity contribution in [1.29, 1.82) is 0 Å². The van der Waals surface area contributed by atoms with Crippen molar-refractivity contribution in [3.8, 4) is 0 Å². The van der Waals surface area contributed by atoms with Crippen LogP contribution in [0.15, 0.2) is 12.3 Å². The van der Waals surface area contributed by atoms with E-state index in [1.807, 2.05) is 19.9 Å². The van der Waals surface area contributed by atoms with Crippen LogP contribution in [0.1, 0.15) is 27.2 Å². The Morgan fingerprint density at radius 3 is 2.92 bits per heavy atom. The van der Waals surface area contributed by atoms with Crippen molar-refractivity contribution >= 4 is 0 Å². The standard InChI is InChI=1S/C10H18O3/c1-4-6-11-7-9-8-12-10(3,5-2)13-9/h4,6,9H,5,7-8H2,1-3H3.